The minimum absolute atomic E-state index is 0.0343. The first-order chi connectivity index (χ1) is 16.2. The molecular formula is C27H22N2O2S2. The molecule has 5 aromatic rings. The maximum atomic E-state index is 14.2. The Kier molecular flexibility index (Phi) is 6.28. The van der Waals surface area contributed by atoms with Crippen LogP contribution in [-0.4, -0.2) is 17.1 Å². The number of benzene rings is 3. The first-order valence-electron chi connectivity index (χ1n) is 10.6. The molecule has 0 radical (unpaired) electrons. The number of carbonyl (C=O) groups is 1. The van der Waals surface area contributed by atoms with E-state index in [1.54, 1.807) is 22.9 Å². The van der Waals surface area contributed by atoms with E-state index in [4.69, 9.17) is 9.40 Å². The van der Waals surface area contributed by atoms with Crippen molar-refractivity contribution in [1.82, 2.24) is 4.98 Å². The fourth-order valence-corrected chi connectivity index (χ4v) is 5.38. The lowest BCUT2D eigenvalue weighted by atomic mass is 9.90. The summed E-state index contributed by atoms with van der Waals surface area (Å²) in [6, 6.07) is 29.8. The summed E-state index contributed by atoms with van der Waals surface area (Å²) in [5, 5.41) is 0.668. The van der Waals surface area contributed by atoms with Crippen molar-refractivity contribution in [2.75, 3.05) is 11.2 Å². The molecule has 164 valence electrons. The third kappa shape index (κ3) is 4.58. The highest BCUT2D eigenvalue weighted by Gasteiger charge is 2.31. The van der Waals surface area contributed by atoms with E-state index in [1.165, 1.54) is 16.2 Å². The van der Waals surface area contributed by atoms with Crippen LogP contribution in [0.25, 0.3) is 10.2 Å². The number of hydrogen-bond donors (Lipinski definition) is 0. The van der Waals surface area contributed by atoms with Crippen LogP contribution in [0.15, 0.2) is 107 Å². The standard InChI is InChI=1S/C27H22N2O2S2/c1-32-22-14-15-23-24(17-22)33-27(28-23)29(18-21-13-8-16-31-21)26(30)25(19-9-4-2-5-10-19)20-11-6-3-7-12-20/h2-17,25H,18H2,1H3. The van der Waals surface area contributed by atoms with E-state index < -0.39 is 5.92 Å². The van der Waals surface area contributed by atoms with E-state index in [0.717, 1.165) is 21.3 Å². The van der Waals surface area contributed by atoms with E-state index in [-0.39, 0.29) is 5.91 Å². The summed E-state index contributed by atoms with van der Waals surface area (Å²) in [5.41, 5.74) is 2.79. The number of anilines is 1. The summed E-state index contributed by atoms with van der Waals surface area (Å²) in [6.45, 7) is 0.317. The number of thiazole rings is 1. The molecule has 0 fully saturated rings. The van der Waals surface area contributed by atoms with Gasteiger partial charge in [-0.05, 0) is 47.7 Å². The van der Waals surface area contributed by atoms with Crippen molar-refractivity contribution < 1.29 is 9.21 Å². The van der Waals surface area contributed by atoms with Crippen LogP contribution in [0.4, 0.5) is 5.13 Å². The van der Waals surface area contributed by atoms with E-state index in [1.807, 2.05) is 78.9 Å². The van der Waals surface area contributed by atoms with Crippen molar-refractivity contribution in [3.05, 3.63) is 114 Å². The first kappa shape index (κ1) is 21.5. The molecule has 0 aliphatic rings. The van der Waals surface area contributed by atoms with Gasteiger partial charge < -0.3 is 4.42 Å². The Morgan fingerprint density at radius 2 is 1.67 bits per heavy atom. The minimum atomic E-state index is -0.448. The zero-order chi connectivity index (χ0) is 22.6. The van der Waals surface area contributed by atoms with Crippen LogP contribution in [0.3, 0.4) is 0 Å². The molecule has 0 aliphatic heterocycles. The average molecular weight is 471 g/mol. The number of hydrogen-bond acceptors (Lipinski definition) is 5. The Hall–Kier alpha value is -3.35. The Morgan fingerprint density at radius 1 is 0.970 bits per heavy atom. The van der Waals surface area contributed by atoms with Crippen LogP contribution in [0.5, 0.6) is 0 Å². The van der Waals surface area contributed by atoms with E-state index in [2.05, 4.69) is 18.4 Å². The van der Waals surface area contributed by atoms with Crippen LogP contribution in [-0.2, 0) is 11.3 Å². The molecule has 33 heavy (non-hydrogen) atoms. The number of aromatic nitrogens is 1. The Balaban J connectivity index is 1.61. The topological polar surface area (TPSA) is 46.3 Å². The highest BCUT2D eigenvalue weighted by molar-refractivity contribution is 7.98. The molecule has 0 N–H and O–H groups in total. The smallest absolute Gasteiger partial charge is 0.241 e. The van der Waals surface area contributed by atoms with Gasteiger partial charge in [-0.1, -0.05) is 72.0 Å². The molecule has 4 nitrogen and oxygen atoms in total. The van der Waals surface area contributed by atoms with Crippen molar-refractivity contribution >= 4 is 44.4 Å². The molecular weight excluding hydrogens is 448 g/mol. The van der Waals surface area contributed by atoms with Gasteiger partial charge in [0.25, 0.3) is 0 Å². The quantitative estimate of drug-likeness (QED) is 0.241. The second kappa shape index (κ2) is 9.65. The zero-order valence-electron chi connectivity index (χ0n) is 18.0. The molecule has 0 saturated heterocycles. The van der Waals surface area contributed by atoms with E-state index in [0.29, 0.717) is 17.4 Å². The summed E-state index contributed by atoms with van der Waals surface area (Å²) >= 11 is 3.23. The molecule has 0 saturated carbocycles. The summed E-state index contributed by atoms with van der Waals surface area (Å²) in [5.74, 6) is 0.233. The van der Waals surface area contributed by atoms with Crippen LogP contribution in [0.1, 0.15) is 22.8 Å². The van der Waals surface area contributed by atoms with Crippen molar-refractivity contribution in [1.29, 1.82) is 0 Å². The van der Waals surface area contributed by atoms with Crippen LogP contribution >= 0.6 is 23.1 Å². The molecule has 6 heteroatoms. The number of thioether (sulfide) groups is 1. The van der Waals surface area contributed by atoms with Gasteiger partial charge in [0.15, 0.2) is 5.13 Å². The van der Waals surface area contributed by atoms with Gasteiger partial charge in [-0.25, -0.2) is 4.98 Å². The highest BCUT2D eigenvalue weighted by atomic mass is 32.2. The van der Waals surface area contributed by atoms with Crippen LogP contribution in [0.2, 0.25) is 0 Å². The molecule has 0 aliphatic carbocycles. The SMILES string of the molecule is CSc1ccc2nc(N(Cc3ccco3)C(=O)C(c3ccccc3)c3ccccc3)sc2c1. The number of fused-ring (bicyclic) bond motifs is 1. The Bertz CT molecular complexity index is 1310. The third-order valence-corrected chi connectivity index (χ3v) is 7.25. The molecule has 0 spiro atoms. The lowest BCUT2D eigenvalue weighted by Crippen LogP contribution is -2.35. The normalized spacial score (nSPS) is 11.2. The fourth-order valence-electron chi connectivity index (χ4n) is 3.86. The predicted octanol–water partition coefficient (Wildman–Crippen LogP) is 6.98. The molecule has 3 aromatic carbocycles. The van der Waals surface area contributed by atoms with Crippen molar-refractivity contribution in [2.45, 2.75) is 17.4 Å². The Morgan fingerprint density at radius 3 is 2.27 bits per heavy atom. The second-order valence-electron chi connectivity index (χ2n) is 7.59. The number of carbonyl (C=O) groups excluding carboxylic acids is 1. The van der Waals surface area contributed by atoms with Crippen molar-refractivity contribution in [2.24, 2.45) is 0 Å². The van der Waals surface area contributed by atoms with E-state index >= 15 is 0 Å². The number of furan rings is 1. The van der Waals surface area contributed by atoms with Gasteiger partial charge in [-0.2, -0.15) is 0 Å². The van der Waals surface area contributed by atoms with Crippen LogP contribution < -0.4 is 4.90 Å². The highest BCUT2D eigenvalue weighted by Crippen LogP contribution is 2.35. The molecule has 0 bridgehead atoms. The van der Waals surface area contributed by atoms with E-state index in [9.17, 15) is 4.79 Å². The predicted molar refractivity (Wildman–Crippen MR) is 136 cm³/mol. The number of amides is 1. The zero-order valence-corrected chi connectivity index (χ0v) is 19.7. The maximum Gasteiger partial charge on any atom is 0.241 e. The summed E-state index contributed by atoms with van der Waals surface area (Å²) in [4.78, 5) is 22.0. The largest absolute Gasteiger partial charge is 0.467 e. The second-order valence-corrected chi connectivity index (χ2v) is 9.48. The average Bonchev–Trinajstić information content (AvgIpc) is 3.53. The molecule has 1 amide bonds. The molecule has 0 atom stereocenters. The van der Waals surface area contributed by atoms with Gasteiger partial charge in [0.1, 0.15) is 5.76 Å². The lowest BCUT2D eigenvalue weighted by Gasteiger charge is -2.25. The van der Waals surface area contributed by atoms with Gasteiger partial charge in [0.2, 0.25) is 5.91 Å². The van der Waals surface area contributed by atoms with Gasteiger partial charge >= 0.3 is 0 Å². The van der Waals surface area contributed by atoms with Gasteiger partial charge in [0, 0.05) is 4.90 Å². The van der Waals surface area contributed by atoms with Crippen molar-refractivity contribution in [3.63, 3.8) is 0 Å². The first-order valence-corrected chi connectivity index (χ1v) is 12.7. The lowest BCUT2D eigenvalue weighted by molar-refractivity contribution is -0.119. The van der Waals surface area contributed by atoms with Gasteiger partial charge in [-0.15, -0.1) is 11.8 Å². The Labute approximate surface area is 200 Å². The summed E-state index contributed by atoms with van der Waals surface area (Å²) < 4.78 is 6.68. The number of rotatable bonds is 7. The molecule has 2 aromatic heterocycles. The van der Waals surface area contributed by atoms with Crippen LogP contribution in [0, 0.1) is 0 Å². The molecule has 5 rings (SSSR count). The van der Waals surface area contributed by atoms with Gasteiger partial charge in [0.05, 0.1) is 28.9 Å². The fraction of sp³-hybridized carbons (Fsp3) is 0.111. The molecule has 2 heterocycles. The summed E-state index contributed by atoms with van der Waals surface area (Å²) in [6.07, 6.45) is 3.69. The molecule has 0 unspecified atom stereocenters. The van der Waals surface area contributed by atoms with Gasteiger partial charge in [-0.3, -0.25) is 9.69 Å². The summed E-state index contributed by atoms with van der Waals surface area (Å²) in [7, 11) is 0. The van der Waals surface area contributed by atoms with Crippen molar-refractivity contribution in [3.8, 4) is 0 Å². The minimum Gasteiger partial charge on any atom is -0.467 e. The monoisotopic (exact) mass is 470 g/mol. The third-order valence-electron chi connectivity index (χ3n) is 5.49. The number of nitrogens with zero attached hydrogens (tertiary/aromatic N) is 2. The maximum absolute atomic E-state index is 14.2.